The van der Waals surface area contributed by atoms with Crippen LogP contribution < -0.4 is 0 Å². The Labute approximate surface area is 153 Å². The third kappa shape index (κ3) is 10.9. The Hall–Kier alpha value is -1.82. The summed E-state index contributed by atoms with van der Waals surface area (Å²) in [4.78, 5) is -0.133. The van der Waals surface area contributed by atoms with Gasteiger partial charge in [-0.05, 0) is 45.0 Å². The van der Waals surface area contributed by atoms with Crippen molar-refractivity contribution < 1.29 is 36.2 Å². The molecule has 2 aromatic rings. The molecule has 0 aliphatic heterocycles. The third-order valence-electron chi connectivity index (χ3n) is 2.64. The van der Waals surface area contributed by atoms with Crippen molar-refractivity contribution in [1.82, 2.24) is 0 Å². The summed E-state index contributed by atoms with van der Waals surface area (Å²) >= 11 is 0. The molecule has 4 N–H and O–H groups in total. The first-order chi connectivity index (χ1) is 11.7. The first-order valence-corrected chi connectivity index (χ1v) is 10.1. The van der Waals surface area contributed by atoms with Gasteiger partial charge in [-0.1, -0.05) is 35.4 Å². The van der Waals surface area contributed by atoms with Crippen LogP contribution in [0.25, 0.3) is 0 Å². The molecule has 0 aliphatic rings. The van der Waals surface area contributed by atoms with Crippen molar-refractivity contribution in [2.24, 2.45) is 0 Å². The molecular weight excluding hydrogens is 384 g/mol. The van der Waals surface area contributed by atoms with E-state index in [2.05, 4.69) is 0 Å². The minimum atomic E-state index is -4.02. The molecule has 0 amide bonds. The second kappa shape index (κ2) is 10.4. The smallest absolute Gasteiger partial charge is 0.294 e. The zero-order valence-electron chi connectivity index (χ0n) is 14.4. The Balaban J connectivity index is 0.000000401. The van der Waals surface area contributed by atoms with Crippen LogP contribution in [0.1, 0.15) is 18.1 Å². The summed E-state index contributed by atoms with van der Waals surface area (Å²) in [5.74, 6) is 0. The van der Waals surface area contributed by atoms with Gasteiger partial charge in [0.15, 0.2) is 0 Å². The second-order valence-corrected chi connectivity index (χ2v) is 8.05. The van der Waals surface area contributed by atoms with E-state index in [9.17, 15) is 16.8 Å². The van der Waals surface area contributed by atoms with E-state index in [0.717, 1.165) is 11.1 Å². The number of aliphatic hydroxyl groups excluding tert-OH is 1. The highest BCUT2D eigenvalue weighted by Crippen LogP contribution is 2.09. The van der Waals surface area contributed by atoms with Gasteiger partial charge in [-0.2, -0.15) is 16.8 Å². The molecule has 0 fully saturated rings. The van der Waals surface area contributed by atoms with Crippen LogP contribution in [0.15, 0.2) is 58.3 Å². The van der Waals surface area contributed by atoms with Gasteiger partial charge in [0.25, 0.3) is 20.2 Å². The van der Waals surface area contributed by atoms with Crippen LogP contribution in [0.5, 0.6) is 0 Å². The molecule has 0 spiro atoms. The predicted octanol–water partition coefficient (Wildman–Crippen LogP) is 1.80. The lowest BCUT2D eigenvalue weighted by molar-refractivity contribution is -0.0228. The first kappa shape index (κ1) is 24.2. The zero-order valence-corrected chi connectivity index (χ0v) is 16.1. The number of rotatable bonds is 2. The van der Waals surface area contributed by atoms with Crippen molar-refractivity contribution in [3.63, 3.8) is 0 Å². The van der Waals surface area contributed by atoms with Crippen molar-refractivity contribution >= 4 is 20.2 Å². The monoisotopic (exact) mass is 406 g/mol. The summed E-state index contributed by atoms with van der Waals surface area (Å²) in [6, 6.07) is 12.0. The first-order valence-electron chi connectivity index (χ1n) is 7.18. The van der Waals surface area contributed by atoms with E-state index in [1.807, 2.05) is 13.8 Å². The van der Waals surface area contributed by atoms with E-state index < -0.39 is 26.5 Å². The normalized spacial score (nSPS) is 11.1. The number of hydrogen-bond acceptors (Lipinski definition) is 6. The Bertz CT molecular complexity index is 793. The van der Waals surface area contributed by atoms with Crippen LogP contribution in [0.2, 0.25) is 0 Å². The van der Waals surface area contributed by atoms with Crippen LogP contribution in [0.4, 0.5) is 0 Å². The Kier molecular flexibility index (Phi) is 9.63. The average Bonchev–Trinajstić information content (AvgIpc) is 2.46. The maximum Gasteiger partial charge on any atom is 0.294 e. The molecule has 2 aromatic carbocycles. The van der Waals surface area contributed by atoms with Crippen molar-refractivity contribution in [2.75, 3.05) is 0 Å². The third-order valence-corrected chi connectivity index (χ3v) is 4.37. The summed E-state index contributed by atoms with van der Waals surface area (Å²) in [5.41, 5.74) is 1.91. The van der Waals surface area contributed by atoms with Gasteiger partial charge in [0.1, 0.15) is 6.29 Å². The molecule has 146 valence electrons. The van der Waals surface area contributed by atoms with Crippen molar-refractivity contribution in [1.29, 1.82) is 0 Å². The van der Waals surface area contributed by atoms with Gasteiger partial charge in [-0.3, -0.25) is 9.11 Å². The lowest BCUT2D eigenvalue weighted by atomic mass is 10.2. The van der Waals surface area contributed by atoms with Gasteiger partial charge in [-0.25, -0.2) is 0 Å². The quantitative estimate of drug-likeness (QED) is 0.436. The van der Waals surface area contributed by atoms with E-state index in [0.29, 0.717) is 0 Å². The maximum atomic E-state index is 10.5. The van der Waals surface area contributed by atoms with Crippen LogP contribution in [-0.2, 0) is 20.2 Å². The standard InChI is InChI=1S/2C7H8O3S.C2H6O2/c2*1-6-2-4-7(5-3-6)11(8,9)10;1-2(3)4/h2*2-5H,1H3,(H,8,9,10);2-4H,1H3. The largest absolute Gasteiger partial charge is 0.368 e. The van der Waals surface area contributed by atoms with E-state index in [1.54, 1.807) is 24.3 Å². The Morgan fingerprint density at radius 1 is 0.654 bits per heavy atom. The Morgan fingerprint density at radius 2 is 0.846 bits per heavy atom. The lowest BCUT2D eigenvalue weighted by Crippen LogP contribution is -1.96. The second-order valence-electron chi connectivity index (χ2n) is 5.21. The summed E-state index contributed by atoms with van der Waals surface area (Å²) < 4.78 is 59.1. The highest BCUT2D eigenvalue weighted by Gasteiger charge is 2.07. The molecule has 0 atom stereocenters. The van der Waals surface area contributed by atoms with Gasteiger partial charge in [-0.15, -0.1) is 0 Å². The van der Waals surface area contributed by atoms with Crippen LogP contribution in [-0.4, -0.2) is 42.4 Å². The molecule has 8 nitrogen and oxygen atoms in total. The molecule has 26 heavy (non-hydrogen) atoms. The van der Waals surface area contributed by atoms with Crippen LogP contribution >= 0.6 is 0 Å². The van der Waals surface area contributed by atoms with Crippen molar-refractivity contribution in [3.8, 4) is 0 Å². The number of aryl methyl sites for hydroxylation is 2. The van der Waals surface area contributed by atoms with E-state index >= 15 is 0 Å². The summed E-state index contributed by atoms with van der Waals surface area (Å²) in [6.07, 6.45) is -1.17. The molecule has 0 saturated heterocycles. The fourth-order valence-corrected chi connectivity index (χ4v) is 2.38. The van der Waals surface area contributed by atoms with E-state index in [4.69, 9.17) is 19.3 Å². The molecule has 10 heteroatoms. The summed E-state index contributed by atoms with van der Waals surface area (Å²) in [5, 5.41) is 15.2. The number of benzene rings is 2. The van der Waals surface area contributed by atoms with Crippen LogP contribution in [0.3, 0.4) is 0 Å². The van der Waals surface area contributed by atoms with Crippen molar-refractivity contribution in [3.05, 3.63) is 59.7 Å². The SMILES string of the molecule is CC(O)O.Cc1ccc(S(=O)(=O)O)cc1.Cc1ccc(S(=O)(=O)O)cc1. The molecule has 0 heterocycles. The van der Waals surface area contributed by atoms with E-state index in [1.165, 1.54) is 31.2 Å². The van der Waals surface area contributed by atoms with Gasteiger partial charge < -0.3 is 10.2 Å². The molecule has 0 unspecified atom stereocenters. The molecule has 0 bridgehead atoms. The van der Waals surface area contributed by atoms with Gasteiger partial charge >= 0.3 is 0 Å². The molecule has 0 saturated carbocycles. The number of hydrogen-bond donors (Lipinski definition) is 4. The number of aliphatic hydroxyl groups is 2. The molecule has 0 radical (unpaired) electrons. The predicted molar refractivity (Wildman–Crippen MR) is 95.9 cm³/mol. The summed E-state index contributed by atoms with van der Waals surface area (Å²) in [6.45, 7) is 4.96. The topological polar surface area (TPSA) is 149 Å². The molecule has 0 aromatic heterocycles. The summed E-state index contributed by atoms with van der Waals surface area (Å²) in [7, 11) is -8.04. The molecule has 2 rings (SSSR count). The fraction of sp³-hybridized carbons (Fsp3) is 0.250. The van der Waals surface area contributed by atoms with Gasteiger partial charge in [0.05, 0.1) is 9.79 Å². The average molecular weight is 406 g/mol. The Morgan fingerprint density at radius 3 is 1.00 bits per heavy atom. The minimum absolute atomic E-state index is 0.0666. The highest BCUT2D eigenvalue weighted by atomic mass is 32.2. The lowest BCUT2D eigenvalue weighted by Gasteiger charge is -1.95. The van der Waals surface area contributed by atoms with Crippen molar-refractivity contribution in [2.45, 2.75) is 36.9 Å². The minimum Gasteiger partial charge on any atom is -0.368 e. The molecule has 0 aliphatic carbocycles. The van der Waals surface area contributed by atoms with E-state index in [-0.39, 0.29) is 9.79 Å². The zero-order chi connectivity index (χ0) is 20.5. The van der Waals surface area contributed by atoms with Gasteiger partial charge in [0, 0.05) is 0 Å². The maximum absolute atomic E-state index is 10.5. The highest BCUT2D eigenvalue weighted by molar-refractivity contribution is 7.86. The van der Waals surface area contributed by atoms with Gasteiger partial charge in [0.2, 0.25) is 0 Å². The molecular formula is C16H22O8S2. The fourth-order valence-electron chi connectivity index (χ4n) is 1.42. The van der Waals surface area contributed by atoms with Crippen LogP contribution in [0, 0.1) is 13.8 Å².